The normalized spacial score (nSPS) is 11.2. The molecule has 8 aromatic carbocycles. The number of carbonyl (C=O) groups is 4. The zero-order valence-electron chi connectivity index (χ0n) is 35.1. The molecule has 0 aliphatic heterocycles. The monoisotopic (exact) mass is 932 g/mol. The second-order valence-corrected chi connectivity index (χ2v) is 18.3. The summed E-state index contributed by atoms with van der Waals surface area (Å²) in [4.78, 5) is 50.3. The lowest BCUT2D eigenvalue weighted by atomic mass is 10.0. The summed E-state index contributed by atoms with van der Waals surface area (Å²) in [6.07, 6.45) is 0.465. The van der Waals surface area contributed by atoms with E-state index in [1.807, 2.05) is 82.2 Å². The maximum atomic E-state index is 13.0. The van der Waals surface area contributed by atoms with Crippen molar-refractivity contribution in [3.05, 3.63) is 193 Å². The molecule has 8 N–H and O–H groups in total. The summed E-state index contributed by atoms with van der Waals surface area (Å²) in [7, 11) is -8.52. The third-order valence-corrected chi connectivity index (χ3v) is 12.9. The summed E-state index contributed by atoms with van der Waals surface area (Å²) >= 11 is 0. The fourth-order valence-electron chi connectivity index (χ4n) is 7.00. The molecule has 0 spiro atoms. The molecular formula is C49H40N8O8S2. The quantitative estimate of drug-likeness (QED) is 0.0586. The number of nitrogens with one attached hydrogen (secondary N) is 8. The van der Waals surface area contributed by atoms with Crippen LogP contribution in [0.2, 0.25) is 0 Å². The summed E-state index contributed by atoms with van der Waals surface area (Å²) in [5, 5.41) is 19.6. The van der Waals surface area contributed by atoms with Crippen molar-refractivity contribution in [2.75, 3.05) is 31.9 Å². The van der Waals surface area contributed by atoms with E-state index in [-0.39, 0.29) is 9.79 Å². The minimum Gasteiger partial charge on any atom is -0.308 e. The number of hydrogen-bond donors (Lipinski definition) is 8. The molecule has 0 aromatic heterocycles. The Kier molecular flexibility index (Phi) is 13.1. The van der Waals surface area contributed by atoms with Crippen molar-refractivity contribution in [1.82, 2.24) is 9.44 Å². The van der Waals surface area contributed by atoms with Gasteiger partial charge in [-0.3, -0.25) is 0 Å². The van der Waals surface area contributed by atoms with E-state index in [1.165, 1.54) is 48.5 Å². The van der Waals surface area contributed by atoms with Gasteiger partial charge in [0.05, 0.1) is 21.2 Å². The van der Waals surface area contributed by atoms with Gasteiger partial charge >= 0.3 is 24.1 Å². The van der Waals surface area contributed by atoms with Crippen LogP contribution in [0.4, 0.5) is 53.3 Å². The van der Waals surface area contributed by atoms with Crippen molar-refractivity contribution < 1.29 is 36.0 Å². The second kappa shape index (κ2) is 19.6. The minimum atomic E-state index is -4.26. The predicted molar refractivity (Wildman–Crippen MR) is 260 cm³/mol. The van der Waals surface area contributed by atoms with Crippen LogP contribution >= 0.6 is 0 Å². The van der Waals surface area contributed by atoms with E-state index in [2.05, 4.69) is 31.9 Å². The van der Waals surface area contributed by atoms with Gasteiger partial charge in [0.1, 0.15) is 0 Å². The molecule has 16 nitrogen and oxygen atoms in total. The van der Waals surface area contributed by atoms with Gasteiger partial charge < -0.3 is 31.9 Å². The fraction of sp³-hybridized carbons (Fsp3) is 0.0204. The number of benzene rings is 8. The molecule has 0 saturated heterocycles. The molecule has 8 aromatic rings. The topological polar surface area (TPSA) is 233 Å². The van der Waals surface area contributed by atoms with Gasteiger partial charge in [-0.1, -0.05) is 97.1 Å². The first kappa shape index (κ1) is 44.9. The largest absolute Gasteiger partial charge is 0.333 e. The number of anilines is 6. The van der Waals surface area contributed by atoms with E-state index in [0.29, 0.717) is 40.5 Å². The van der Waals surface area contributed by atoms with E-state index < -0.39 is 44.2 Å². The van der Waals surface area contributed by atoms with E-state index in [9.17, 15) is 36.0 Å². The van der Waals surface area contributed by atoms with Gasteiger partial charge in [0.15, 0.2) is 0 Å². The van der Waals surface area contributed by atoms with E-state index in [4.69, 9.17) is 0 Å². The Bertz CT molecular complexity index is 3140. The highest BCUT2D eigenvalue weighted by molar-refractivity contribution is 7.90. The van der Waals surface area contributed by atoms with Crippen LogP contribution in [0, 0.1) is 0 Å². The van der Waals surface area contributed by atoms with Crippen LogP contribution in [-0.2, 0) is 26.5 Å². The summed E-state index contributed by atoms with van der Waals surface area (Å²) in [5.41, 5.74) is 4.27. The molecule has 8 rings (SSSR count). The van der Waals surface area contributed by atoms with Gasteiger partial charge in [0, 0.05) is 33.5 Å². The zero-order valence-corrected chi connectivity index (χ0v) is 36.7. The molecular weight excluding hydrogens is 893 g/mol. The highest BCUT2D eigenvalue weighted by atomic mass is 32.2. The minimum absolute atomic E-state index is 0.192. The Morgan fingerprint density at radius 2 is 0.642 bits per heavy atom. The molecule has 0 heterocycles. The predicted octanol–water partition coefficient (Wildman–Crippen LogP) is 9.89. The van der Waals surface area contributed by atoms with Gasteiger partial charge in [-0.05, 0) is 113 Å². The summed E-state index contributed by atoms with van der Waals surface area (Å²) in [6.45, 7) is 0. The highest BCUT2D eigenvalue weighted by Gasteiger charge is 2.20. The molecule has 0 aliphatic carbocycles. The second-order valence-electron chi connectivity index (χ2n) is 15.0. The standard InChI is InChI=1S/C49H40N8O8S2/c58-46(54-44-13-5-9-34-7-1-3-11-42(34)44)50-38-23-27-40(28-24-38)66(62,63)56-48(60)52-36-19-15-32(16-20-36)31-33-17-21-37(22-18-33)53-49(61)57-67(64,65)41-29-25-39(26-30-41)51-47(59)55-45-14-6-10-35-8-2-4-12-43(35)45/h1-30H,31H2,(H2,50,54,58)(H2,51,55,59)(H2,52,56,60)(H2,53,57,61). The number of carbonyl (C=O) groups excluding carboxylic acids is 4. The van der Waals surface area contributed by atoms with Gasteiger partial charge in [0.2, 0.25) is 0 Å². The molecule has 0 bridgehead atoms. The summed E-state index contributed by atoms with van der Waals surface area (Å²) in [6, 6.07) is 47.4. The first-order valence-electron chi connectivity index (χ1n) is 20.4. The van der Waals surface area contributed by atoms with Crippen LogP contribution in [0.5, 0.6) is 0 Å². The zero-order chi connectivity index (χ0) is 47.0. The van der Waals surface area contributed by atoms with Crippen LogP contribution in [-0.4, -0.2) is 41.0 Å². The van der Waals surface area contributed by atoms with E-state index >= 15 is 0 Å². The van der Waals surface area contributed by atoms with E-state index in [1.54, 1.807) is 60.7 Å². The summed E-state index contributed by atoms with van der Waals surface area (Å²) < 4.78 is 55.8. The molecule has 0 unspecified atom stereocenters. The Balaban J connectivity index is 0.770. The Morgan fingerprint density at radius 1 is 0.328 bits per heavy atom. The van der Waals surface area contributed by atoms with Crippen LogP contribution in [0.25, 0.3) is 21.5 Å². The Labute approximate surface area is 384 Å². The molecule has 18 heteroatoms. The lowest BCUT2D eigenvalue weighted by molar-refractivity contribution is 0.255. The average Bonchev–Trinajstić information content (AvgIpc) is 3.30. The molecule has 336 valence electrons. The van der Waals surface area contributed by atoms with Crippen molar-refractivity contribution in [1.29, 1.82) is 0 Å². The number of amides is 8. The first-order valence-corrected chi connectivity index (χ1v) is 23.4. The number of rotatable bonds is 12. The molecule has 67 heavy (non-hydrogen) atoms. The lowest BCUT2D eigenvalue weighted by Crippen LogP contribution is -2.34. The first-order chi connectivity index (χ1) is 32.3. The van der Waals surface area contributed by atoms with Crippen molar-refractivity contribution in [2.24, 2.45) is 0 Å². The smallest absolute Gasteiger partial charge is 0.308 e. The molecule has 0 fully saturated rings. The van der Waals surface area contributed by atoms with Crippen molar-refractivity contribution in [2.45, 2.75) is 16.2 Å². The van der Waals surface area contributed by atoms with Crippen LogP contribution in [0.15, 0.2) is 192 Å². The van der Waals surface area contributed by atoms with Gasteiger partial charge in [-0.15, -0.1) is 0 Å². The van der Waals surface area contributed by atoms with Gasteiger partial charge in [-0.25, -0.2) is 45.5 Å². The molecule has 0 aliphatic rings. The number of fused-ring (bicyclic) bond motifs is 2. The van der Waals surface area contributed by atoms with E-state index in [0.717, 1.165) is 32.7 Å². The number of hydrogen-bond acceptors (Lipinski definition) is 8. The highest BCUT2D eigenvalue weighted by Crippen LogP contribution is 2.25. The average molecular weight is 933 g/mol. The summed E-state index contributed by atoms with van der Waals surface area (Å²) in [5.74, 6) is 0. The Hall–Kier alpha value is -8.74. The van der Waals surface area contributed by atoms with Crippen molar-refractivity contribution in [3.8, 4) is 0 Å². The van der Waals surface area contributed by atoms with Crippen LogP contribution < -0.4 is 41.3 Å². The molecule has 0 saturated carbocycles. The van der Waals surface area contributed by atoms with Gasteiger partial charge in [0.25, 0.3) is 20.0 Å². The molecule has 0 radical (unpaired) electrons. The maximum Gasteiger partial charge on any atom is 0.333 e. The maximum absolute atomic E-state index is 13.0. The molecule has 0 atom stereocenters. The van der Waals surface area contributed by atoms with Crippen LogP contribution in [0.1, 0.15) is 11.1 Å². The third-order valence-electron chi connectivity index (χ3n) is 10.2. The molecule has 8 amide bonds. The Morgan fingerprint density at radius 3 is 1.01 bits per heavy atom. The van der Waals surface area contributed by atoms with Crippen LogP contribution in [0.3, 0.4) is 0 Å². The van der Waals surface area contributed by atoms with Gasteiger partial charge in [-0.2, -0.15) is 0 Å². The lowest BCUT2D eigenvalue weighted by Gasteiger charge is -2.12. The van der Waals surface area contributed by atoms with Crippen molar-refractivity contribution in [3.63, 3.8) is 0 Å². The fourth-order valence-corrected chi connectivity index (χ4v) is 8.81. The number of sulfonamides is 2. The third kappa shape index (κ3) is 11.5. The number of urea groups is 4. The SMILES string of the molecule is O=C(Nc1ccc(S(=O)(=O)NC(=O)Nc2ccc(Cc3ccc(NC(=O)NS(=O)(=O)c4ccc(NC(=O)Nc5cccc6ccccc56)cc4)cc3)cc2)cc1)Nc1cccc2ccccc12. The van der Waals surface area contributed by atoms with Crippen molar-refractivity contribution >= 4 is 99.8 Å².